The van der Waals surface area contributed by atoms with Gasteiger partial charge in [0.05, 0.1) is 27.0 Å². The molecule has 0 bridgehead atoms. The molecule has 0 spiro atoms. The normalized spacial score (nSPS) is 12.1. The van der Waals surface area contributed by atoms with Crippen LogP contribution in [0.3, 0.4) is 0 Å². The van der Waals surface area contributed by atoms with Gasteiger partial charge in [0.25, 0.3) is 5.89 Å². The molecule has 0 aliphatic heterocycles. The topological polar surface area (TPSA) is 99.9 Å². The fourth-order valence-corrected chi connectivity index (χ4v) is 2.28. The molecule has 1 aromatic carbocycles. The molecule has 0 radical (unpaired) electrons. The molecule has 24 heavy (non-hydrogen) atoms. The third-order valence-corrected chi connectivity index (χ3v) is 3.48. The van der Waals surface area contributed by atoms with Crippen molar-refractivity contribution in [1.82, 2.24) is 9.78 Å². The molecule has 0 aliphatic rings. The van der Waals surface area contributed by atoms with Gasteiger partial charge in [0, 0.05) is 5.56 Å². The molecule has 0 saturated carbocycles. The Hall–Kier alpha value is -3.00. The number of rotatable bonds is 6. The minimum Gasteiger partial charge on any atom is -0.497 e. The Balaban J connectivity index is 1.88. The van der Waals surface area contributed by atoms with Crippen LogP contribution in [0, 0.1) is 0 Å². The monoisotopic (exact) mass is 332 g/mol. The second-order valence-corrected chi connectivity index (χ2v) is 4.96. The van der Waals surface area contributed by atoms with Crippen molar-refractivity contribution in [3.8, 4) is 23.1 Å². The van der Waals surface area contributed by atoms with Crippen LogP contribution < -0.4 is 15.2 Å². The van der Waals surface area contributed by atoms with Gasteiger partial charge in [-0.2, -0.15) is 4.68 Å². The molecule has 3 aromatic rings. The van der Waals surface area contributed by atoms with Gasteiger partial charge in [-0.1, -0.05) is 0 Å². The molecule has 0 amide bonds. The fraction of sp³-hybridized carbons (Fsp3) is 0.250. The Morgan fingerprint density at radius 2 is 2.12 bits per heavy atom. The maximum atomic E-state index is 11.9. The molecule has 0 aliphatic carbocycles. The van der Waals surface area contributed by atoms with Crippen LogP contribution in [0.4, 0.5) is 0 Å². The summed E-state index contributed by atoms with van der Waals surface area (Å²) in [6, 6.07) is 8.31. The number of nitrogens with zero attached hydrogens (tertiary/aromatic N) is 2. The number of aliphatic hydroxyl groups excluding tert-OH is 1. The SMILES string of the molecule is COc1ccc(OC)c([C@H](O)Cn2nc(-c3ccco3)oc2=O)c1. The lowest BCUT2D eigenvalue weighted by atomic mass is 10.1. The van der Waals surface area contributed by atoms with E-state index in [-0.39, 0.29) is 12.4 Å². The Kier molecular flexibility index (Phi) is 4.39. The summed E-state index contributed by atoms with van der Waals surface area (Å²) in [6.07, 6.45) is 0.409. The van der Waals surface area contributed by atoms with Gasteiger partial charge in [0.1, 0.15) is 17.6 Å². The van der Waals surface area contributed by atoms with Crippen molar-refractivity contribution < 1.29 is 23.4 Å². The Morgan fingerprint density at radius 1 is 1.29 bits per heavy atom. The first-order chi connectivity index (χ1) is 11.6. The lowest BCUT2D eigenvalue weighted by Crippen LogP contribution is -2.20. The first-order valence-corrected chi connectivity index (χ1v) is 7.14. The average Bonchev–Trinajstić information content (AvgIpc) is 3.24. The van der Waals surface area contributed by atoms with E-state index in [0.29, 0.717) is 22.8 Å². The molecule has 2 aromatic heterocycles. The van der Waals surface area contributed by atoms with Crippen molar-refractivity contribution in [1.29, 1.82) is 0 Å². The average molecular weight is 332 g/mol. The highest BCUT2D eigenvalue weighted by Gasteiger charge is 2.19. The van der Waals surface area contributed by atoms with Gasteiger partial charge in [-0.05, 0) is 30.3 Å². The molecule has 0 unspecified atom stereocenters. The molecule has 126 valence electrons. The molecular weight excluding hydrogens is 316 g/mol. The lowest BCUT2D eigenvalue weighted by molar-refractivity contribution is 0.144. The van der Waals surface area contributed by atoms with E-state index in [1.807, 2.05) is 0 Å². The zero-order valence-corrected chi connectivity index (χ0v) is 13.1. The molecule has 1 N–H and O–H groups in total. The molecule has 8 heteroatoms. The van der Waals surface area contributed by atoms with E-state index in [4.69, 9.17) is 18.3 Å². The third kappa shape index (κ3) is 3.04. The highest BCUT2D eigenvalue weighted by molar-refractivity contribution is 5.43. The Bertz CT molecular complexity index is 865. The van der Waals surface area contributed by atoms with Crippen LogP contribution in [-0.4, -0.2) is 29.1 Å². The number of aliphatic hydroxyl groups is 1. The number of ether oxygens (including phenoxy) is 2. The number of hydrogen-bond acceptors (Lipinski definition) is 7. The predicted octanol–water partition coefficient (Wildman–Crippen LogP) is 1.85. The molecule has 0 fully saturated rings. The standard InChI is InChI=1S/C16H16N2O6/c1-21-10-5-6-13(22-2)11(8-10)12(19)9-18-16(20)24-15(17-18)14-4-3-7-23-14/h3-8,12,19H,9H2,1-2H3/t12-/m1/s1. The van der Waals surface area contributed by atoms with Crippen molar-refractivity contribution in [3.05, 3.63) is 52.7 Å². The van der Waals surface area contributed by atoms with E-state index < -0.39 is 11.9 Å². The highest BCUT2D eigenvalue weighted by atomic mass is 16.5. The lowest BCUT2D eigenvalue weighted by Gasteiger charge is -2.15. The van der Waals surface area contributed by atoms with Crippen molar-refractivity contribution in [2.24, 2.45) is 0 Å². The van der Waals surface area contributed by atoms with E-state index in [0.717, 1.165) is 4.68 Å². The number of furan rings is 1. The van der Waals surface area contributed by atoms with Crippen molar-refractivity contribution >= 4 is 0 Å². The third-order valence-electron chi connectivity index (χ3n) is 3.48. The summed E-state index contributed by atoms with van der Waals surface area (Å²) in [5, 5.41) is 14.5. The van der Waals surface area contributed by atoms with Crippen LogP contribution in [0.2, 0.25) is 0 Å². The molecular formula is C16H16N2O6. The zero-order chi connectivity index (χ0) is 17.1. The number of methoxy groups -OCH3 is 2. The number of benzene rings is 1. The Morgan fingerprint density at radius 3 is 2.79 bits per heavy atom. The second-order valence-electron chi connectivity index (χ2n) is 4.96. The summed E-state index contributed by atoms with van der Waals surface area (Å²) in [5.74, 6) is 0.733. The van der Waals surface area contributed by atoms with Crippen molar-refractivity contribution in [2.45, 2.75) is 12.6 Å². The van der Waals surface area contributed by atoms with E-state index in [2.05, 4.69) is 5.10 Å². The van der Waals surface area contributed by atoms with E-state index in [1.54, 1.807) is 30.3 Å². The molecule has 1 atom stereocenters. The van der Waals surface area contributed by atoms with Gasteiger partial charge in [-0.15, -0.1) is 5.10 Å². The van der Waals surface area contributed by atoms with Gasteiger partial charge >= 0.3 is 5.76 Å². The second kappa shape index (κ2) is 6.63. The van der Waals surface area contributed by atoms with E-state index in [1.165, 1.54) is 20.5 Å². The number of hydrogen-bond donors (Lipinski definition) is 1. The first kappa shape index (κ1) is 15.9. The van der Waals surface area contributed by atoms with Crippen LogP contribution in [0.5, 0.6) is 11.5 Å². The summed E-state index contributed by atoms with van der Waals surface area (Å²) in [4.78, 5) is 11.9. The van der Waals surface area contributed by atoms with Gasteiger partial charge < -0.3 is 23.4 Å². The Labute approximate surface area is 136 Å². The molecule has 3 rings (SSSR count). The number of aromatic nitrogens is 2. The smallest absolute Gasteiger partial charge is 0.437 e. The maximum Gasteiger partial charge on any atom is 0.437 e. The van der Waals surface area contributed by atoms with Crippen LogP contribution >= 0.6 is 0 Å². The minimum absolute atomic E-state index is 0.0507. The predicted molar refractivity (Wildman–Crippen MR) is 83.0 cm³/mol. The van der Waals surface area contributed by atoms with E-state index >= 15 is 0 Å². The molecule has 2 heterocycles. The molecule has 8 nitrogen and oxygen atoms in total. The van der Waals surface area contributed by atoms with Crippen molar-refractivity contribution in [3.63, 3.8) is 0 Å². The zero-order valence-electron chi connectivity index (χ0n) is 13.1. The van der Waals surface area contributed by atoms with Gasteiger partial charge in [0.2, 0.25) is 0 Å². The minimum atomic E-state index is -1.04. The van der Waals surface area contributed by atoms with Gasteiger partial charge in [0.15, 0.2) is 5.76 Å². The summed E-state index contributed by atoms with van der Waals surface area (Å²) in [5.41, 5.74) is 0.478. The summed E-state index contributed by atoms with van der Waals surface area (Å²) in [7, 11) is 3.02. The summed E-state index contributed by atoms with van der Waals surface area (Å²) >= 11 is 0. The van der Waals surface area contributed by atoms with Crippen LogP contribution in [0.15, 0.2) is 50.2 Å². The summed E-state index contributed by atoms with van der Waals surface area (Å²) < 4.78 is 21.6. The summed E-state index contributed by atoms with van der Waals surface area (Å²) in [6.45, 7) is -0.105. The quantitative estimate of drug-likeness (QED) is 0.735. The van der Waals surface area contributed by atoms with Crippen molar-refractivity contribution in [2.75, 3.05) is 14.2 Å². The van der Waals surface area contributed by atoms with E-state index in [9.17, 15) is 9.90 Å². The van der Waals surface area contributed by atoms with Crippen LogP contribution in [-0.2, 0) is 6.54 Å². The first-order valence-electron chi connectivity index (χ1n) is 7.14. The largest absolute Gasteiger partial charge is 0.497 e. The highest BCUT2D eigenvalue weighted by Crippen LogP contribution is 2.30. The van der Waals surface area contributed by atoms with Gasteiger partial charge in [-0.3, -0.25) is 0 Å². The molecule has 0 saturated heterocycles. The fourth-order valence-electron chi connectivity index (χ4n) is 2.28. The van der Waals surface area contributed by atoms with Gasteiger partial charge in [-0.25, -0.2) is 4.79 Å². The van der Waals surface area contributed by atoms with Crippen LogP contribution in [0.25, 0.3) is 11.7 Å². The van der Waals surface area contributed by atoms with Crippen LogP contribution in [0.1, 0.15) is 11.7 Å². The maximum absolute atomic E-state index is 11.9.